The number of hydrogen-bond acceptors (Lipinski definition) is 5. The first kappa shape index (κ1) is 30.4. The highest BCUT2D eigenvalue weighted by Gasteiger charge is 2.43. The predicted molar refractivity (Wildman–Crippen MR) is 205 cm³/mol. The summed E-state index contributed by atoms with van der Waals surface area (Å²) in [5, 5.41) is 14.3. The van der Waals surface area contributed by atoms with E-state index in [1.807, 2.05) is 6.07 Å². The molecule has 3 heterocycles. The molecular formula is C45H46N4O. The molecule has 0 spiro atoms. The van der Waals surface area contributed by atoms with Gasteiger partial charge in [-0.05, 0) is 85.6 Å². The number of rotatable bonds is 5. The zero-order valence-corrected chi connectivity index (χ0v) is 28.6. The number of hydrogen-bond donors (Lipinski definition) is 3. The number of furan rings is 1. The van der Waals surface area contributed by atoms with Crippen molar-refractivity contribution >= 4 is 33.3 Å². The lowest BCUT2D eigenvalue weighted by Crippen LogP contribution is -2.59. The number of para-hydroxylation sites is 2. The van der Waals surface area contributed by atoms with Crippen molar-refractivity contribution in [2.75, 3.05) is 0 Å². The number of amidine groups is 1. The molecule has 0 amide bonds. The molecule has 7 aliphatic rings. The minimum atomic E-state index is -0.0551. The van der Waals surface area contributed by atoms with E-state index in [0.29, 0.717) is 29.8 Å². The van der Waals surface area contributed by atoms with Gasteiger partial charge in [0.25, 0.3) is 0 Å². The van der Waals surface area contributed by atoms with Gasteiger partial charge in [-0.3, -0.25) is 5.32 Å². The summed E-state index contributed by atoms with van der Waals surface area (Å²) in [6, 6.07) is 15.8. The van der Waals surface area contributed by atoms with E-state index < -0.39 is 0 Å². The molecule has 3 aromatic rings. The van der Waals surface area contributed by atoms with Crippen molar-refractivity contribution in [2.45, 2.75) is 75.8 Å². The van der Waals surface area contributed by atoms with E-state index in [-0.39, 0.29) is 18.2 Å². The lowest BCUT2D eigenvalue weighted by atomic mass is 9.73. The summed E-state index contributed by atoms with van der Waals surface area (Å²) in [5.74, 6) is 3.02. The minimum Gasteiger partial charge on any atom is -0.455 e. The van der Waals surface area contributed by atoms with Crippen LogP contribution in [-0.4, -0.2) is 30.3 Å². The Morgan fingerprint density at radius 3 is 2.70 bits per heavy atom. The summed E-state index contributed by atoms with van der Waals surface area (Å²) >= 11 is 0. The van der Waals surface area contributed by atoms with Crippen LogP contribution >= 0.6 is 0 Å². The molecule has 0 bridgehead atoms. The van der Waals surface area contributed by atoms with Gasteiger partial charge in [0.15, 0.2) is 0 Å². The lowest BCUT2D eigenvalue weighted by molar-refractivity contribution is 0.336. The minimum absolute atomic E-state index is 0.0551. The molecule has 8 unspecified atom stereocenters. The summed E-state index contributed by atoms with van der Waals surface area (Å²) in [7, 11) is 0. The molecule has 5 heteroatoms. The molecule has 1 fully saturated rings. The van der Waals surface area contributed by atoms with Gasteiger partial charge in [-0.15, -0.1) is 0 Å². The molecule has 252 valence electrons. The van der Waals surface area contributed by atoms with Gasteiger partial charge in [-0.25, -0.2) is 4.99 Å². The van der Waals surface area contributed by atoms with E-state index in [9.17, 15) is 0 Å². The maximum absolute atomic E-state index is 6.47. The molecule has 3 N–H and O–H groups in total. The highest BCUT2D eigenvalue weighted by molar-refractivity contribution is 6.08. The van der Waals surface area contributed by atoms with Crippen LogP contribution < -0.4 is 16.0 Å². The van der Waals surface area contributed by atoms with Crippen molar-refractivity contribution in [1.82, 2.24) is 16.0 Å². The SMILES string of the molecule is C1=CC2NC3C=C(C4=CCCCC4C4=NC(C5=CCCC=C5)NC(C5C=C(c6cccc7c6oc6ccccc67)C=CC5)N4)CCC3C2C=C1. The fourth-order valence-electron chi connectivity index (χ4n) is 9.81. The van der Waals surface area contributed by atoms with Crippen LogP contribution in [0.5, 0.6) is 0 Å². The van der Waals surface area contributed by atoms with Crippen LogP contribution in [0.1, 0.15) is 56.9 Å². The number of allylic oxidation sites excluding steroid dienone is 9. The molecule has 2 aromatic carbocycles. The van der Waals surface area contributed by atoms with Crippen LogP contribution in [0.15, 0.2) is 142 Å². The fourth-order valence-corrected chi connectivity index (χ4v) is 9.81. The van der Waals surface area contributed by atoms with Crippen molar-refractivity contribution in [1.29, 1.82) is 0 Å². The third-order valence-corrected chi connectivity index (χ3v) is 12.3. The smallest absolute Gasteiger partial charge is 0.143 e. The monoisotopic (exact) mass is 658 g/mol. The van der Waals surface area contributed by atoms with Crippen molar-refractivity contribution in [3.8, 4) is 0 Å². The normalized spacial score (nSPS) is 33.2. The molecule has 0 saturated carbocycles. The standard InChI is InChI=1S/C45H46N4O/c1-2-12-28(13-3-1)43-47-44(31-15-10-14-29(26-31)33-20-11-21-37-36-18-7-9-23-41(36)50-42(33)37)49-45(48-43)38-19-5-4-16-32(38)30-24-25-35-34-17-6-8-22-39(34)46-40(35)27-30/h2,6-14,16-18,20-23,26-27,31,34-35,38-40,43-44,46-47H,1,3-5,15,19,24-25H2,(H,48,49). The molecule has 0 radical (unpaired) electrons. The summed E-state index contributed by atoms with van der Waals surface area (Å²) < 4.78 is 6.47. The second-order valence-electron chi connectivity index (χ2n) is 15.2. The van der Waals surface area contributed by atoms with Gasteiger partial charge in [0.1, 0.15) is 23.2 Å². The fraction of sp³-hybridized carbons (Fsp3) is 0.356. The Kier molecular flexibility index (Phi) is 7.72. The van der Waals surface area contributed by atoms with E-state index >= 15 is 0 Å². The van der Waals surface area contributed by atoms with Crippen LogP contribution in [-0.2, 0) is 0 Å². The maximum Gasteiger partial charge on any atom is 0.143 e. The molecule has 5 aliphatic carbocycles. The second-order valence-corrected chi connectivity index (χ2v) is 15.2. The molecule has 1 aromatic heterocycles. The van der Waals surface area contributed by atoms with E-state index in [1.54, 1.807) is 5.57 Å². The second kappa shape index (κ2) is 12.7. The first-order chi connectivity index (χ1) is 24.8. The Balaban J connectivity index is 0.973. The Bertz CT molecular complexity index is 2120. The van der Waals surface area contributed by atoms with Crippen molar-refractivity contribution in [3.05, 3.63) is 138 Å². The number of benzene rings is 2. The van der Waals surface area contributed by atoms with Crippen LogP contribution in [0, 0.1) is 23.7 Å². The van der Waals surface area contributed by atoms with Crippen molar-refractivity contribution < 1.29 is 4.42 Å². The van der Waals surface area contributed by atoms with Gasteiger partial charge in [0.05, 0.1) is 6.17 Å². The molecular weight excluding hydrogens is 613 g/mol. The molecule has 5 nitrogen and oxygen atoms in total. The summed E-state index contributed by atoms with van der Waals surface area (Å²) in [5.41, 5.74) is 8.65. The Morgan fingerprint density at radius 1 is 0.800 bits per heavy atom. The van der Waals surface area contributed by atoms with Crippen LogP contribution in [0.2, 0.25) is 0 Å². The van der Waals surface area contributed by atoms with Gasteiger partial charge >= 0.3 is 0 Å². The summed E-state index contributed by atoms with van der Waals surface area (Å²) in [4.78, 5) is 5.51. The number of nitrogens with zero attached hydrogens (tertiary/aromatic N) is 1. The topological polar surface area (TPSA) is 61.6 Å². The Hall–Kier alpha value is -4.45. The first-order valence-corrected chi connectivity index (χ1v) is 19.0. The van der Waals surface area contributed by atoms with Gasteiger partial charge in [-0.2, -0.15) is 0 Å². The Labute approximate surface area is 295 Å². The average molecular weight is 659 g/mol. The van der Waals surface area contributed by atoms with Gasteiger partial charge in [0.2, 0.25) is 0 Å². The third-order valence-electron chi connectivity index (χ3n) is 12.3. The lowest BCUT2D eigenvalue weighted by Gasteiger charge is -2.40. The van der Waals surface area contributed by atoms with E-state index in [4.69, 9.17) is 9.41 Å². The number of nitrogens with one attached hydrogen (secondary N) is 3. The van der Waals surface area contributed by atoms with Crippen LogP contribution in [0.4, 0.5) is 0 Å². The van der Waals surface area contributed by atoms with E-state index in [2.05, 4.69) is 125 Å². The van der Waals surface area contributed by atoms with Crippen LogP contribution in [0.3, 0.4) is 0 Å². The summed E-state index contributed by atoms with van der Waals surface area (Å²) in [6.45, 7) is 0. The quantitative estimate of drug-likeness (QED) is 0.256. The Morgan fingerprint density at radius 2 is 1.74 bits per heavy atom. The molecule has 50 heavy (non-hydrogen) atoms. The highest BCUT2D eigenvalue weighted by atomic mass is 16.3. The molecule has 10 rings (SSSR count). The van der Waals surface area contributed by atoms with Gasteiger partial charge in [0, 0.05) is 46.2 Å². The van der Waals surface area contributed by atoms with Crippen LogP contribution in [0.25, 0.3) is 27.5 Å². The molecule has 2 aliphatic heterocycles. The highest BCUT2D eigenvalue weighted by Crippen LogP contribution is 2.44. The van der Waals surface area contributed by atoms with Crippen molar-refractivity contribution in [2.24, 2.45) is 28.7 Å². The van der Waals surface area contributed by atoms with Gasteiger partial charge < -0.3 is 15.1 Å². The largest absolute Gasteiger partial charge is 0.455 e. The zero-order chi connectivity index (χ0) is 33.0. The average Bonchev–Trinajstić information content (AvgIpc) is 3.76. The third kappa shape index (κ3) is 5.34. The first-order valence-electron chi connectivity index (χ1n) is 19.0. The zero-order valence-electron chi connectivity index (χ0n) is 28.6. The number of fused-ring (bicyclic) bond motifs is 6. The van der Waals surface area contributed by atoms with Gasteiger partial charge in [-0.1, -0.05) is 109 Å². The van der Waals surface area contributed by atoms with Crippen molar-refractivity contribution in [3.63, 3.8) is 0 Å². The predicted octanol–water partition coefficient (Wildman–Crippen LogP) is 9.21. The maximum atomic E-state index is 6.47. The van der Waals surface area contributed by atoms with E-state index in [0.717, 1.165) is 61.1 Å². The molecule has 8 atom stereocenters. The van der Waals surface area contributed by atoms with E-state index in [1.165, 1.54) is 40.3 Å². The molecule has 1 saturated heterocycles. The number of aliphatic imine (C=N–C) groups is 1. The summed E-state index contributed by atoms with van der Waals surface area (Å²) in [6.07, 6.45) is 37.5.